The first kappa shape index (κ1) is 13.6. The quantitative estimate of drug-likeness (QED) is 0.686. The predicted molar refractivity (Wildman–Crippen MR) is 81.8 cm³/mol. The highest BCUT2D eigenvalue weighted by Crippen LogP contribution is 2.32. The summed E-state index contributed by atoms with van der Waals surface area (Å²) in [5, 5.41) is 3.94. The monoisotopic (exact) mass is 346 g/mol. The molecule has 106 valence electrons. The molecule has 0 fully saturated rings. The number of amides is 1. The molecule has 1 aliphatic rings. The maximum absolute atomic E-state index is 12.0. The van der Waals surface area contributed by atoms with Crippen molar-refractivity contribution in [1.29, 1.82) is 0 Å². The fourth-order valence-corrected chi connectivity index (χ4v) is 2.27. The summed E-state index contributed by atoms with van der Waals surface area (Å²) in [6.45, 7) is 0.182. The molecular weight excluding hydrogens is 336 g/mol. The molecule has 2 aromatic carbocycles. The lowest BCUT2D eigenvalue weighted by Gasteiger charge is -2.01. The number of carbonyl (C=O) groups excluding carboxylic acids is 1. The zero-order valence-electron chi connectivity index (χ0n) is 10.9. The van der Waals surface area contributed by atoms with Crippen molar-refractivity contribution in [1.82, 2.24) is 5.43 Å². The summed E-state index contributed by atoms with van der Waals surface area (Å²) in [6, 6.07) is 12.6. The summed E-state index contributed by atoms with van der Waals surface area (Å²) < 4.78 is 11.4. The third kappa shape index (κ3) is 3.22. The minimum absolute atomic E-state index is 0.182. The summed E-state index contributed by atoms with van der Waals surface area (Å²) in [5.41, 5.74) is 3.83. The number of fused-ring (bicyclic) bond motifs is 1. The van der Waals surface area contributed by atoms with Crippen molar-refractivity contribution in [3.8, 4) is 11.5 Å². The number of carbonyl (C=O) groups is 1. The van der Waals surface area contributed by atoms with Crippen LogP contribution in [0.1, 0.15) is 15.9 Å². The Labute approximate surface area is 129 Å². The Balaban J connectivity index is 1.66. The first-order chi connectivity index (χ1) is 10.2. The zero-order chi connectivity index (χ0) is 14.7. The van der Waals surface area contributed by atoms with Crippen molar-refractivity contribution in [2.45, 2.75) is 0 Å². The second-order valence-corrected chi connectivity index (χ2v) is 5.24. The summed E-state index contributed by atoms with van der Waals surface area (Å²) in [6.07, 6.45) is 1.58. The molecule has 1 heterocycles. The van der Waals surface area contributed by atoms with E-state index in [4.69, 9.17) is 9.47 Å². The van der Waals surface area contributed by atoms with Gasteiger partial charge < -0.3 is 9.47 Å². The van der Waals surface area contributed by atoms with Gasteiger partial charge in [0.15, 0.2) is 11.5 Å². The summed E-state index contributed by atoms with van der Waals surface area (Å²) >= 11 is 3.37. The number of halogens is 1. The Bertz CT molecular complexity index is 716. The lowest BCUT2D eigenvalue weighted by Crippen LogP contribution is -2.17. The number of hydrogen-bond donors (Lipinski definition) is 1. The minimum atomic E-state index is -0.306. The molecule has 1 amide bonds. The van der Waals surface area contributed by atoms with Crippen LogP contribution >= 0.6 is 15.9 Å². The molecule has 21 heavy (non-hydrogen) atoms. The van der Waals surface area contributed by atoms with Crippen LogP contribution in [0.25, 0.3) is 0 Å². The SMILES string of the molecule is O=C(NN=Cc1cccc(Br)c1)c1ccc2c(c1)OCO2. The number of rotatable bonds is 3. The van der Waals surface area contributed by atoms with Crippen LogP contribution in [0, 0.1) is 0 Å². The van der Waals surface area contributed by atoms with Gasteiger partial charge in [-0.2, -0.15) is 5.10 Å². The van der Waals surface area contributed by atoms with E-state index in [2.05, 4.69) is 26.5 Å². The van der Waals surface area contributed by atoms with E-state index < -0.39 is 0 Å². The number of nitrogens with one attached hydrogen (secondary N) is 1. The van der Waals surface area contributed by atoms with Gasteiger partial charge >= 0.3 is 0 Å². The predicted octanol–water partition coefficient (Wildman–Crippen LogP) is 2.94. The van der Waals surface area contributed by atoms with Gasteiger partial charge in [0.05, 0.1) is 6.21 Å². The highest BCUT2D eigenvalue weighted by atomic mass is 79.9. The molecule has 3 rings (SSSR count). The van der Waals surface area contributed by atoms with E-state index in [0.717, 1.165) is 10.0 Å². The van der Waals surface area contributed by atoms with Gasteiger partial charge in [0, 0.05) is 10.0 Å². The maximum Gasteiger partial charge on any atom is 0.271 e. The second-order valence-electron chi connectivity index (χ2n) is 4.32. The molecule has 0 unspecified atom stereocenters. The Morgan fingerprint density at radius 3 is 2.90 bits per heavy atom. The Hall–Kier alpha value is -2.34. The number of benzene rings is 2. The maximum atomic E-state index is 12.0. The molecule has 0 saturated carbocycles. The van der Waals surface area contributed by atoms with Gasteiger partial charge in [-0.3, -0.25) is 4.79 Å². The molecule has 6 heteroatoms. The summed E-state index contributed by atoms with van der Waals surface area (Å²) in [4.78, 5) is 12.0. The number of hydrogen-bond acceptors (Lipinski definition) is 4. The van der Waals surface area contributed by atoms with E-state index in [1.165, 1.54) is 0 Å². The Morgan fingerprint density at radius 1 is 1.19 bits per heavy atom. The van der Waals surface area contributed by atoms with Crippen LogP contribution in [0.15, 0.2) is 52.0 Å². The second kappa shape index (κ2) is 5.97. The minimum Gasteiger partial charge on any atom is -0.454 e. The Kier molecular flexibility index (Phi) is 3.87. The van der Waals surface area contributed by atoms with Crippen LogP contribution in [0.2, 0.25) is 0 Å². The molecular formula is C15H11BrN2O3. The van der Waals surface area contributed by atoms with E-state index in [-0.39, 0.29) is 12.7 Å². The molecule has 0 atom stereocenters. The van der Waals surface area contributed by atoms with Gasteiger partial charge in [-0.25, -0.2) is 5.43 Å². The van der Waals surface area contributed by atoms with Crippen LogP contribution in [0.5, 0.6) is 11.5 Å². The summed E-state index contributed by atoms with van der Waals surface area (Å²) in [5.74, 6) is 0.905. The molecule has 2 aromatic rings. The van der Waals surface area contributed by atoms with Crippen LogP contribution in [0.4, 0.5) is 0 Å². The third-order valence-corrected chi connectivity index (χ3v) is 3.36. The number of hydrazone groups is 1. The average molecular weight is 347 g/mol. The topological polar surface area (TPSA) is 59.9 Å². The van der Waals surface area contributed by atoms with Crippen LogP contribution in [-0.4, -0.2) is 18.9 Å². The van der Waals surface area contributed by atoms with Crippen LogP contribution < -0.4 is 14.9 Å². The van der Waals surface area contributed by atoms with Crippen molar-refractivity contribution in [2.75, 3.05) is 6.79 Å². The molecule has 0 bridgehead atoms. The normalized spacial score (nSPS) is 12.6. The average Bonchev–Trinajstić information content (AvgIpc) is 2.94. The fraction of sp³-hybridized carbons (Fsp3) is 0.0667. The van der Waals surface area contributed by atoms with Crippen molar-refractivity contribution in [3.05, 3.63) is 58.1 Å². The number of ether oxygens (including phenoxy) is 2. The lowest BCUT2D eigenvalue weighted by atomic mass is 10.2. The Morgan fingerprint density at radius 2 is 2.05 bits per heavy atom. The largest absolute Gasteiger partial charge is 0.454 e. The highest BCUT2D eigenvalue weighted by molar-refractivity contribution is 9.10. The summed E-state index contributed by atoms with van der Waals surface area (Å²) in [7, 11) is 0. The van der Waals surface area contributed by atoms with Gasteiger partial charge in [0.1, 0.15) is 0 Å². The standard InChI is InChI=1S/C15H11BrN2O3/c16-12-3-1-2-10(6-12)8-17-18-15(19)11-4-5-13-14(7-11)21-9-20-13/h1-8H,9H2,(H,18,19). The molecule has 1 N–H and O–H groups in total. The lowest BCUT2D eigenvalue weighted by molar-refractivity contribution is 0.0954. The van der Waals surface area contributed by atoms with E-state index in [1.807, 2.05) is 24.3 Å². The highest BCUT2D eigenvalue weighted by Gasteiger charge is 2.15. The third-order valence-electron chi connectivity index (χ3n) is 2.86. The first-order valence-corrected chi connectivity index (χ1v) is 7.00. The molecule has 5 nitrogen and oxygen atoms in total. The van der Waals surface area contributed by atoms with E-state index in [9.17, 15) is 4.79 Å². The fourth-order valence-electron chi connectivity index (χ4n) is 1.85. The molecule has 0 spiro atoms. The van der Waals surface area contributed by atoms with Gasteiger partial charge in [-0.05, 0) is 35.9 Å². The van der Waals surface area contributed by atoms with Crippen molar-refractivity contribution < 1.29 is 14.3 Å². The van der Waals surface area contributed by atoms with Gasteiger partial charge in [0.2, 0.25) is 6.79 Å². The molecule has 0 aliphatic carbocycles. The van der Waals surface area contributed by atoms with Gasteiger partial charge in [-0.15, -0.1) is 0 Å². The van der Waals surface area contributed by atoms with Crippen LogP contribution in [0.3, 0.4) is 0 Å². The molecule has 0 aromatic heterocycles. The van der Waals surface area contributed by atoms with Crippen LogP contribution in [-0.2, 0) is 0 Å². The van der Waals surface area contributed by atoms with Crippen molar-refractivity contribution in [2.24, 2.45) is 5.10 Å². The number of nitrogens with zero attached hydrogens (tertiary/aromatic N) is 1. The van der Waals surface area contributed by atoms with Gasteiger partial charge in [0.25, 0.3) is 5.91 Å². The molecule has 1 aliphatic heterocycles. The molecule has 0 saturated heterocycles. The molecule has 0 radical (unpaired) electrons. The van der Waals surface area contributed by atoms with Gasteiger partial charge in [-0.1, -0.05) is 28.1 Å². The van der Waals surface area contributed by atoms with E-state index in [0.29, 0.717) is 17.1 Å². The smallest absolute Gasteiger partial charge is 0.271 e. The van der Waals surface area contributed by atoms with E-state index in [1.54, 1.807) is 24.4 Å². The zero-order valence-corrected chi connectivity index (χ0v) is 12.5. The van der Waals surface area contributed by atoms with Crippen molar-refractivity contribution in [3.63, 3.8) is 0 Å². The van der Waals surface area contributed by atoms with Crippen molar-refractivity contribution >= 4 is 28.1 Å². The van der Waals surface area contributed by atoms with E-state index >= 15 is 0 Å². The first-order valence-electron chi connectivity index (χ1n) is 6.21.